The third-order valence-corrected chi connectivity index (χ3v) is 5.77. The third kappa shape index (κ3) is 5.33. The van der Waals surface area contributed by atoms with Crippen LogP contribution in [0.5, 0.6) is 5.75 Å². The van der Waals surface area contributed by atoms with Crippen LogP contribution in [-0.4, -0.2) is 39.9 Å². The minimum atomic E-state index is -0.0866. The molecule has 0 unspecified atom stereocenters. The van der Waals surface area contributed by atoms with E-state index in [4.69, 9.17) is 4.74 Å². The van der Waals surface area contributed by atoms with E-state index < -0.39 is 0 Å². The fourth-order valence-electron chi connectivity index (χ4n) is 3.33. The van der Waals surface area contributed by atoms with Crippen molar-refractivity contribution in [3.05, 3.63) is 59.9 Å². The summed E-state index contributed by atoms with van der Waals surface area (Å²) < 4.78 is 5.76. The molecule has 1 aliphatic heterocycles. The van der Waals surface area contributed by atoms with Crippen molar-refractivity contribution in [2.24, 2.45) is 0 Å². The van der Waals surface area contributed by atoms with Crippen LogP contribution in [0.3, 0.4) is 0 Å². The molecular weight excluding hydrogens is 398 g/mol. The van der Waals surface area contributed by atoms with Gasteiger partial charge in [-0.1, -0.05) is 30.0 Å². The lowest BCUT2D eigenvalue weighted by atomic mass is 10.2. The van der Waals surface area contributed by atoms with E-state index in [1.165, 1.54) is 30.3 Å². The number of rotatable bonds is 8. The van der Waals surface area contributed by atoms with Crippen molar-refractivity contribution in [3.63, 3.8) is 0 Å². The molecule has 2 N–H and O–H groups in total. The number of carbonyl (C=O) groups is 1. The molecule has 4 rings (SSSR count). The lowest BCUT2D eigenvalue weighted by Crippen LogP contribution is -2.18. The van der Waals surface area contributed by atoms with E-state index in [1.54, 1.807) is 0 Å². The molecule has 2 heterocycles. The summed E-state index contributed by atoms with van der Waals surface area (Å²) in [7, 11) is 0. The smallest absolute Gasteiger partial charge is 0.234 e. The van der Waals surface area contributed by atoms with Gasteiger partial charge >= 0.3 is 0 Å². The minimum Gasteiger partial charge on any atom is -0.485 e. The zero-order valence-electron chi connectivity index (χ0n) is 16.9. The zero-order chi connectivity index (χ0) is 20.8. The van der Waals surface area contributed by atoms with E-state index in [0.29, 0.717) is 17.6 Å². The number of hydrogen-bond donors (Lipinski definition) is 2. The van der Waals surface area contributed by atoms with Crippen LogP contribution in [0.25, 0.3) is 0 Å². The molecule has 1 aromatic heterocycles. The Labute approximate surface area is 180 Å². The first kappa shape index (κ1) is 20.3. The predicted octanol–water partition coefficient (Wildman–Crippen LogP) is 4.02. The average Bonchev–Trinajstić information content (AvgIpc) is 3.45. The minimum absolute atomic E-state index is 0.0866. The van der Waals surface area contributed by atoms with Gasteiger partial charge in [-0.15, -0.1) is 5.10 Å². The van der Waals surface area contributed by atoms with Gasteiger partial charge in [-0.25, -0.2) is 4.98 Å². The van der Waals surface area contributed by atoms with Crippen molar-refractivity contribution >= 4 is 29.0 Å². The SMILES string of the molecule is Cc1ccccc1OCc1nc(SCC(=O)Nc2ccc(N3CCCC3)cc2)n[nH]1. The quantitative estimate of drug-likeness (QED) is 0.533. The number of aromatic amines is 1. The molecule has 0 saturated carbocycles. The molecule has 1 aliphatic rings. The zero-order valence-corrected chi connectivity index (χ0v) is 17.7. The number of anilines is 2. The maximum atomic E-state index is 12.2. The van der Waals surface area contributed by atoms with Crippen LogP contribution in [0.4, 0.5) is 11.4 Å². The second-order valence-electron chi connectivity index (χ2n) is 7.20. The Morgan fingerprint density at radius 3 is 2.70 bits per heavy atom. The fourth-order valence-corrected chi connectivity index (χ4v) is 3.95. The topological polar surface area (TPSA) is 83.1 Å². The number of aromatic nitrogens is 3. The number of thioether (sulfide) groups is 1. The number of aryl methyl sites for hydroxylation is 1. The van der Waals surface area contributed by atoms with Gasteiger partial charge in [0.15, 0.2) is 5.82 Å². The second-order valence-corrected chi connectivity index (χ2v) is 8.14. The number of nitrogens with zero attached hydrogens (tertiary/aromatic N) is 3. The molecule has 1 amide bonds. The molecule has 2 aromatic carbocycles. The third-order valence-electron chi connectivity index (χ3n) is 4.92. The highest BCUT2D eigenvalue weighted by molar-refractivity contribution is 7.99. The van der Waals surface area contributed by atoms with Gasteiger partial charge < -0.3 is 15.0 Å². The normalized spacial score (nSPS) is 13.4. The number of amides is 1. The van der Waals surface area contributed by atoms with Gasteiger partial charge in [-0.3, -0.25) is 9.89 Å². The molecule has 7 nitrogen and oxygen atoms in total. The first-order valence-corrected chi connectivity index (χ1v) is 11.0. The number of para-hydroxylation sites is 1. The Morgan fingerprint density at radius 2 is 1.93 bits per heavy atom. The van der Waals surface area contributed by atoms with Crippen LogP contribution < -0.4 is 15.0 Å². The molecule has 0 spiro atoms. The number of carbonyl (C=O) groups excluding carboxylic acids is 1. The molecule has 0 radical (unpaired) electrons. The molecule has 30 heavy (non-hydrogen) atoms. The van der Waals surface area contributed by atoms with Crippen molar-refractivity contribution in [2.75, 3.05) is 29.1 Å². The fraction of sp³-hybridized carbons (Fsp3) is 0.318. The monoisotopic (exact) mass is 423 g/mol. The summed E-state index contributed by atoms with van der Waals surface area (Å²) in [5.74, 6) is 1.59. The number of benzene rings is 2. The Morgan fingerprint density at radius 1 is 1.17 bits per heavy atom. The van der Waals surface area contributed by atoms with E-state index in [9.17, 15) is 4.79 Å². The average molecular weight is 424 g/mol. The van der Waals surface area contributed by atoms with Crippen LogP contribution in [0.15, 0.2) is 53.7 Å². The van der Waals surface area contributed by atoms with Gasteiger partial charge in [0.1, 0.15) is 12.4 Å². The lowest BCUT2D eigenvalue weighted by Gasteiger charge is -2.17. The summed E-state index contributed by atoms with van der Waals surface area (Å²) in [4.78, 5) is 19.0. The van der Waals surface area contributed by atoms with Crippen LogP contribution >= 0.6 is 11.8 Å². The molecule has 3 aromatic rings. The highest BCUT2D eigenvalue weighted by Crippen LogP contribution is 2.22. The Balaban J connectivity index is 1.23. The summed E-state index contributed by atoms with van der Waals surface area (Å²) in [6.07, 6.45) is 2.49. The molecule has 0 aliphatic carbocycles. The Bertz CT molecular complexity index is 983. The Kier molecular flexibility index (Phi) is 6.53. The summed E-state index contributed by atoms with van der Waals surface area (Å²) in [6.45, 7) is 4.51. The van der Waals surface area contributed by atoms with E-state index in [1.807, 2.05) is 43.3 Å². The van der Waals surface area contributed by atoms with Crippen LogP contribution in [0.1, 0.15) is 24.2 Å². The molecule has 156 valence electrons. The number of H-pyrrole nitrogens is 1. The van der Waals surface area contributed by atoms with Gasteiger partial charge in [0.25, 0.3) is 0 Å². The summed E-state index contributed by atoms with van der Waals surface area (Å²) >= 11 is 1.29. The van der Waals surface area contributed by atoms with E-state index in [0.717, 1.165) is 30.1 Å². The Hall–Kier alpha value is -3.00. The van der Waals surface area contributed by atoms with Gasteiger partial charge in [0, 0.05) is 24.5 Å². The van der Waals surface area contributed by atoms with Crippen LogP contribution in [-0.2, 0) is 11.4 Å². The summed E-state index contributed by atoms with van der Waals surface area (Å²) in [5, 5.41) is 10.5. The van der Waals surface area contributed by atoms with Crippen LogP contribution in [0, 0.1) is 6.92 Å². The number of hydrogen-bond acceptors (Lipinski definition) is 6. The molecule has 1 saturated heterocycles. The van der Waals surface area contributed by atoms with Gasteiger partial charge in [0.05, 0.1) is 5.75 Å². The molecular formula is C22H25N5O2S. The van der Waals surface area contributed by atoms with E-state index in [-0.39, 0.29) is 11.7 Å². The molecule has 0 atom stereocenters. The van der Waals surface area contributed by atoms with Crippen molar-refractivity contribution in [1.29, 1.82) is 0 Å². The number of nitrogens with one attached hydrogen (secondary N) is 2. The predicted molar refractivity (Wildman–Crippen MR) is 119 cm³/mol. The standard InChI is InChI=1S/C22H25N5O2S/c1-16-6-2-3-7-19(16)29-14-20-24-22(26-25-20)30-15-21(28)23-17-8-10-18(11-9-17)27-12-4-5-13-27/h2-3,6-11H,4-5,12-15H2,1H3,(H,23,28)(H,24,25,26). The molecule has 1 fully saturated rings. The van der Waals surface area contributed by atoms with Gasteiger partial charge in [-0.2, -0.15) is 0 Å². The van der Waals surface area contributed by atoms with E-state index in [2.05, 4.69) is 37.5 Å². The van der Waals surface area contributed by atoms with Gasteiger partial charge in [0.2, 0.25) is 11.1 Å². The number of ether oxygens (including phenoxy) is 1. The molecule has 0 bridgehead atoms. The van der Waals surface area contributed by atoms with Crippen molar-refractivity contribution in [3.8, 4) is 5.75 Å². The summed E-state index contributed by atoms with van der Waals surface area (Å²) in [5.41, 5.74) is 3.07. The van der Waals surface area contributed by atoms with E-state index >= 15 is 0 Å². The van der Waals surface area contributed by atoms with Crippen molar-refractivity contribution < 1.29 is 9.53 Å². The largest absolute Gasteiger partial charge is 0.485 e. The highest BCUT2D eigenvalue weighted by atomic mass is 32.2. The summed E-state index contributed by atoms with van der Waals surface area (Å²) in [6, 6.07) is 15.8. The second kappa shape index (κ2) is 9.67. The maximum absolute atomic E-state index is 12.2. The molecule has 8 heteroatoms. The van der Waals surface area contributed by atoms with Crippen molar-refractivity contribution in [1.82, 2.24) is 15.2 Å². The maximum Gasteiger partial charge on any atom is 0.234 e. The van der Waals surface area contributed by atoms with Crippen molar-refractivity contribution in [2.45, 2.75) is 31.5 Å². The first-order valence-electron chi connectivity index (χ1n) is 10.0. The highest BCUT2D eigenvalue weighted by Gasteiger charge is 2.13. The van der Waals surface area contributed by atoms with Gasteiger partial charge in [-0.05, 0) is 55.7 Å². The van der Waals surface area contributed by atoms with Crippen LogP contribution in [0.2, 0.25) is 0 Å². The first-order chi connectivity index (χ1) is 14.7. The lowest BCUT2D eigenvalue weighted by molar-refractivity contribution is -0.113.